The van der Waals surface area contributed by atoms with Crippen LogP contribution >= 0.6 is 0 Å². The van der Waals surface area contributed by atoms with Crippen LogP contribution in [0.2, 0.25) is 0 Å². The lowest BCUT2D eigenvalue weighted by Gasteiger charge is -2.15. The number of aromatic nitrogens is 1. The molecule has 0 bridgehead atoms. The molecule has 1 atom stereocenters. The van der Waals surface area contributed by atoms with E-state index >= 15 is 0 Å². The average Bonchev–Trinajstić information content (AvgIpc) is 2.46. The minimum atomic E-state index is 0.652. The number of hydrogen-bond donors (Lipinski definition) is 1. The Bertz CT molecular complexity index is 341. The Morgan fingerprint density at radius 3 is 2.79 bits per heavy atom. The number of rotatable bonds is 10. The van der Waals surface area contributed by atoms with Crippen molar-refractivity contribution in [3.63, 3.8) is 0 Å². The Labute approximate surface area is 117 Å². The maximum Gasteiger partial charge on any atom is 0.213 e. The van der Waals surface area contributed by atoms with Gasteiger partial charge in [0.25, 0.3) is 0 Å². The van der Waals surface area contributed by atoms with E-state index in [0.29, 0.717) is 5.92 Å². The van der Waals surface area contributed by atoms with E-state index in [1.54, 1.807) is 0 Å². The zero-order valence-corrected chi connectivity index (χ0v) is 12.6. The van der Waals surface area contributed by atoms with Crippen LogP contribution in [0.25, 0.3) is 0 Å². The van der Waals surface area contributed by atoms with E-state index in [4.69, 9.17) is 4.74 Å². The first-order valence-corrected chi connectivity index (χ1v) is 7.59. The van der Waals surface area contributed by atoms with Crippen molar-refractivity contribution in [1.29, 1.82) is 0 Å². The number of nitrogens with zero attached hydrogens (tertiary/aromatic N) is 1. The van der Waals surface area contributed by atoms with Gasteiger partial charge in [-0.3, -0.25) is 0 Å². The first-order chi connectivity index (χ1) is 9.30. The Morgan fingerprint density at radius 1 is 1.26 bits per heavy atom. The van der Waals surface area contributed by atoms with Gasteiger partial charge in [0.2, 0.25) is 5.88 Å². The molecule has 0 aliphatic heterocycles. The number of pyridine rings is 1. The van der Waals surface area contributed by atoms with Gasteiger partial charge in [-0.05, 0) is 24.9 Å². The van der Waals surface area contributed by atoms with Crippen molar-refractivity contribution in [2.24, 2.45) is 5.92 Å². The summed E-state index contributed by atoms with van der Waals surface area (Å²) in [5.41, 5.74) is 1.04. The van der Waals surface area contributed by atoms with E-state index in [1.165, 1.54) is 25.7 Å². The molecule has 0 amide bonds. The first kappa shape index (κ1) is 16.0. The molecule has 19 heavy (non-hydrogen) atoms. The smallest absolute Gasteiger partial charge is 0.213 e. The highest BCUT2D eigenvalue weighted by molar-refractivity contribution is 5.15. The standard InChI is InChI=1S/C16H28N2O/c1-4-7-9-14(5-2)13-19-16-11-8-10-15(18-16)12-17-6-3/h8,10-11,14,17H,4-7,9,12-13H2,1-3H3. The third-order valence-electron chi connectivity index (χ3n) is 3.35. The molecule has 1 aromatic rings. The molecule has 0 aliphatic rings. The van der Waals surface area contributed by atoms with Gasteiger partial charge in [-0.2, -0.15) is 0 Å². The highest BCUT2D eigenvalue weighted by Gasteiger charge is 2.07. The molecule has 1 unspecified atom stereocenters. The van der Waals surface area contributed by atoms with Gasteiger partial charge in [0, 0.05) is 12.6 Å². The molecule has 0 aliphatic carbocycles. The van der Waals surface area contributed by atoms with E-state index in [-0.39, 0.29) is 0 Å². The van der Waals surface area contributed by atoms with Crippen LogP contribution in [0.4, 0.5) is 0 Å². The van der Waals surface area contributed by atoms with Crippen LogP contribution in [0.1, 0.15) is 52.1 Å². The van der Waals surface area contributed by atoms with Gasteiger partial charge in [0.1, 0.15) is 0 Å². The summed E-state index contributed by atoms with van der Waals surface area (Å²) in [6.07, 6.45) is 4.98. The van der Waals surface area contributed by atoms with Gasteiger partial charge < -0.3 is 10.1 Å². The highest BCUT2D eigenvalue weighted by atomic mass is 16.5. The maximum absolute atomic E-state index is 5.84. The van der Waals surface area contributed by atoms with Crippen molar-refractivity contribution in [2.45, 2.75) is 53.0 Å². The van der Waals surface area contributed by atoms with Crippen LogP contribution in [0.5, 0.6) is 5.88 Å². The topological polar surface area (TPSA) is 34.1 Å². The average molecular weight is 264 g/mol. The summed E-state index contributed by atoms with van der Waals surface area (Å²) >= 11 is 0. The van der Waals surface area contributed by atoms with Crippen LogP contribution in [0, 0.1) is 5.92 Å². The fraction of sp³-hybridized carbons (Fsp3) is 0.688. The molecule has 1 aromatic heterocycles. The van der Waals surface area contributed by atoms with E-state index in [0.717, 1.165) is 31.3 Å². The normalized spacial score (nSPS) is 12.4. The summed E-state index contributed by atoms with van der Waals surface area (Å²) in [7, 11) is 0. The minimum absolute atomic E-state index is 0.652. The predicted octanol–water partition coefficient (Wildman–Crippen LogP) is 3.79. The lowest BCUT2D eigenvalue weighted by atomic mass is 10.0. The van der Waals surface area contributed by atoms with Crippen molar-refractivity contribution in [3.05, 3.63) is 23.9 Å². The monoisotopic (exact) mass is 264 g/mol. The molecule has 0 saturated heterocycles. The largest absolute Gasteiger partial charge is 0.477 e. The second-order valence-corrected chi connectivity index (χ2v) is 4.97. The molecule has 3 heteroatoms. The summed E-state index contributed by atoms with van der Waals surface area (Å²) in [5.74, 6) is 1.41. The van der Waals surface area contributed by atoms with Crippen LogP contribution in [-0.4, -0.2) is 18.1 Å². The van der Waals surface area contributed by atoms with Crippen LogP contribution in [0.15, 0.2) is 18.2 Å². The van der Waals surface area contributed by atoms with E-state index < -0.39 is 0 Å². The highest BCUT2D eigenvalue weighted by Crippen LogP contribution is 2.15. The van der Waals surface area contributed by atoms with E-state index in [9.17, 15) is 0 Å². The minimum Gasteiger partial charge on any atom is -0.477 e. The SMILES string of the molecule is CCCCC(CC)COc1cccc(CNCC)n1. The van der Waals surface area contributed by atoms with E-state index in [2.05, 4.69) is 31.1 Å². The zero-order chi connectivity index (χ0) is 13.9. The number of nitrogens with one attached hydrogen (secondary N) is 1. The maximum atomic E-state index is 5.84. The summed E-state index contributed by atoms with van der Waals surface area (Å²) in [6.45, 7) is 9.12. The molecule has 0 aromatic carbocycles. The summed E-state index contributed by atoms with van der Waals surface area (Å²) in [5, 5.41) is 3.28. The molecule has 0 radical (unpaired) electrons. The summed E-state index contributed by atoms with van der Waals surface area (Å²) < 4.78 is 5.84. The van der Waals surface area contributed by atoms with Crippen molar-refractivity contribution in [2.75, 3.05) is 13.2 Å². The lowest BCUT2D eigenvalue weighted by molar-refractivity contribution is 0.225. The van der Waals surface area contributed by atoms with Gasteiger partial charge >= 0.3 is 0 Å². The lowest BCUT2D eigenvalue weighted by Crippen LogP contribution is -2.14. The molecule has 0 fully saturated rings. The van der Waals surface area contributed by atoms with Crippen molar-refractivity contribution >= 4 is 0 Å². The van der Waals surface area contributed by atoms with Crippen molar-refractivity contribution in [3.8, 4) is 5.88 Å². The number of unbranched alkanes of at least 4 members (excludes halogenated alkanes) is 1. The molecule has 3 nitrogen and oxygen atoms in total. The van der Waals surface area contributed by atoms with Crippen LogP contribution in [-0.2, 0) is 6.54 Å². The fourth-order valence-corrected chi connectivity index (χ4v) is 1.99. The third-order valence-corrected chi connectivity index (χ3v) is 3.35. The molecule has 0 spiro atoms. The quantitative estimate of drug-likeness (QED) is 0.698. The summed E-state index contributed by atoms with van der Waals surface area (Å²) in [4.78, 5) is 4.51. The van der Waals surface area contributed by atoms with Crippen LogP contribution < -0.4 is 10.1 Å². The van der Waals surface area contributed by atoms with Gasteiger partial charge in [0.05, 0.1) is 12.3 Å². The molecular formula is C16H28N2O. The van der Waals surface area contributed by atoms with Gasteiger partial charge in [-0.25, -0.2) is 4.98 Å². The molecular weight excluding hydrogens is 236 g/mol. The molecule has 1 N–H and O–H groups in total. The second kappa shape index (κ2) is 9.79. The molecule has 1 rings (SSSR count). The fourth-order valence-electron chi connectivity index (χ4n) is 1.99. The van der Waals surface area contributed by atoms with Crippen molar-refractivity contribution < 1.29 is 4.74 Å². The number of ether oxygens (including phenoxy) is 1. The molecule has 0 saturated carbocycles. The Hall–Kier alpha value is -1.09. The van der Waals surface area contributed by atoms with Crippen molar-refractivity contribution in [1.82, 2.24) is 10.3 Å². The van der Waals surface area contributed by atoms with Gasteiger partial charge in [-0.1, -0.05) is 46.1 Å². The van der Waals surface area contributed by atoms with Gasteiger partial charge in [-0.15, -0.1) is 0 Å². The first-order valence-electron chi connectivity index (χ1n) is 7.59. The predicted molar refractivity (Wildman–Crippen MR) is 80.4 cm³/mol. The zero-order valence-electron chi connectivity index (χ0n) is 12.6. The Balaban J connectivity index is 2.42. The van der Waals surface area contributed by atoms with Crippen LogP contribution in [0.3, 0.4) is 0 Å². The van der Waals surface area contributed by atoms with Gasteiger partial charge in [0.15, 0.2) is 0 Å². The molecule has 108 valence electrons. The number of hydrogen-bond acceptors (Lipinski definition) is 3. The van der Waals surface area contributed by atoms with E-state index in [1.807, 2.05) is 18.2 Å². The Morgan fingerprint density at radius 2 is 2.11 bits per heavy atom. The third kappa shape index (κ3) is 6.58. The second-order valence-electron chi connectivity index (χ2n) is 4.97. The summed E-state index contributed by atoms with van der Waals surface area (Å²) in [6, 6.07) is 5.99. The Kier molecular flexibility index (Phi) is 8.23. The molecule has 1 heterocycles.